The summed E-state index contributed by atoms with van der Waals surface area (Å²) in [6.07, 6.45) is 0. The van der Waals surface area contributed by atoms with Gasteiger partial charge in [0.15, 0.2) is 0 Å². The molecule has 0 aromatic heterocycles. The van der Waals surface area contributed by atoms with Crippen molar-refractivity contribution in [1.82, 2.24) is 0 Å². The summed E-state index contributed by atoms with van der Waals surface area (Å²) in [4.78, 5) is 0. The van der Waals surface area contributed by atoms with E-state index in [1.807, 2.05) is 6.07 Å². The van der Waals surface area contributed by atoms with Crippen LogP contribution < -0.4 is 0 Å². The topological polar surface area (TPSA) is 20.2 Å². The minimum absolute atomic E-state index is 0.285. The molecule has 4 heteroatoms. The number of phenols is 1. The van der Waals surface area contributed by atoms with Crippen molar-refractivity contribution in [3.8, 4) is 5.75 Å². The number of aromatic hydroxyl groups is 1. The molecule has 0 saturated heterocycles. The predicted octanol–water partition coefficient (Wildman–Crippen LogP) is 3.00. The number of halogens is 2. The minimum atomic E-state index is 0.285. The van der Waals surface area contributed by atoms with Gasteiger partial charge in [-0.3, -0.25) is 0 Å². The number of rotatable bonds is 0. The maximum atomic E-state index is 8.87. The summed E-state index contributed by atoms with van der Waals surface area (Å²) < 4.78 is 0.736. The van der Waals surface area contributed by atoms with Gasteiger partial charge in [0.2, 0.25) is 0 Å². The van der Waals surface area contributed by atoms with Crippen LogP contribution in [0.2, 0.25) is 0 Å². The molecule has 1 aromatic rings. The van der Waals surface area contributed by atoms with E-state index in [1.165, 1.54) is 0 Å². The molecule has 60 valence electrons. The maximum absolute atomic E-state index is 8.87. The van der Waals surface area contributed by atoms with E-state index < -0.39 is 0 Å². The van der Waals surface area contributed by atoms with Crippen LogP contribution in [0.15, 0.2) is 28.7 Å². The Hall–Kier alpha value is 0.499. The molecule has 0 bridgehead atoms. The Bertz CT molecular complexity index is 172. The van der Waals surface area contributed by atoms with Crippen molar-refractivity contribution in [2.75, 3.05) is 0 Å². The van der Waals surface area contributed by atoms with Crippen molar-refractivity contribution in [3.63, 3.8) is 0 Å². The van der Waals surface area contributed by atoms with Crippen molar-refractivity contribution >= 4 is 30.0 Å². The van der Waals surface area contributed by atoms with E-state index in [1.54, 1.807) is 18.2 Å². The normalized spacial score (nSPS) is 8.00. The van der Waals surface area contributed by atoms with Gasteiger partial charge in [0.25, 0.3) is 0 Å². The molecule has 1 N–H and O–H groups in total. The Morgan fingerprint density at radius 3 is 2.00 bits per heavy atom. The zero-order valence-corrected chi connectivity index (χ0v) is 8.93. The number of hydrogen-bond donors (Lipinski definition) is 1. The molecule has 1 nitrogen and oxygen atoms in total. The van der Waals surface area contributed by atoms with Crippen LogP contribution in [0.25, 0.3) is 0 Å². The van der Waals surface area contributed by atoms with Crippen molar-refractivity contribution in [2.45, 2.75) is 0 Å². The van der Waals surface area contributed by atoms with Crippen LogP contribution >= 0.6 is 30.0 Å². The average molecular weight is 316 g/mol. The van der Waals surface area contributed by atoms with E-state index in [0.29, 0.717) is 0 Å². The summed E-state index contributed by atoms with van der Waals surface area (Å²) in [5.74, 6) is 0.285. The van der Waals surface area contributed by atoms with Crippen LogP contribution in [-0.4, -0.2) is 5.11 Å². The third-order valence-corrected chi connectivity index (χ3v) is 1.52. The summed E-state index contributed by atoms with van der Waals surface area (Å²) in [6.45, 7) is 0. The SMILES string of the molecule is Oc1ccccc1Br.[Cu][Br]. The van der Waals surface area contributed by atoms with Crippen molar-refractivity contribution in [2.24, 2.45) is 0 Å². The first-order valence-corrected chi connectivity index (χ1v) is 5.47. The van der Waals surface area contributed by atoms with Crippen LogP contribution in [0.4, 0.5) is 0 Å². The molecule has 0 unspecified atom stereocenters. The zero-order valence-electron chi connectivity index (χ0n) is 4.81. The predicted molar refractivity (Wildman–Crippen MR) is 44.7 cm³/mol. The average Bonchev–Trinajstić information content (AvgIpc) is 2.00. The van der Waals surface area contributed by atoms with E-state index in [9.17, 15) is 0 Å². The monoisotopic (exact) mass is 314 g/mol. The molecule has 0 spiro atoms. The Balaban J connectivity index is 0.000000371. The van der Waals surface area contributed by atoms with Crippen LogP contribution in [0, 0.1) is 0 Å². The fraction of sp³-hybridized carbons (Fsp3) is 0. The van der Waals surface area contributed by atoms with Gasteiger partial charge in [0.05, 0.1) is 4.47 Å². The number of benzene rings is 1. The molecule has 0 heterocycles. The van der Waals surface area contributed by atoms with Crippen molar-refractivity contribution < 1.29 is 19.3 Å². The van der Waals surface area contributed by atoms with E-state index in [4.69, 9.17) is 5.11 Å². The van der Waals surface area contributed by atoms with Gasteiger partial charge in [0.1, 0.15) is 5.75 Å². The number of hydrogen-bond acceptors (Lipinski definition) is 1. The molecule has 1 aromatic carbocycles. The molecule has 10 heavy (non-hydrogen) atoms. The number of para-hydroxylation sites is 1. The second-order valence-corrected chi connectivity index (χ2v) is 2.31. The first kappa shape index (κ1) is 10.5. The Kier molecular flexibility index (Phi) is 6.54. The summed E-state index contributed by atoms with van der Waals surface area (Å²) in [5.41, 5.74) is 0. The molecule has 0 radical (unpaired) electrons. The Morgan fingerprint density at radius 1 is 1.20 bits per heavy atom. The van der Waals surface area contributed by atoms with E-state index in [-0.39, 0.29) is 5.75 Å². The van der Waals surface area contributed by atoms with Crippen LogP contribution in [0.1, 0.15) is 0 Å². The second kappa shape index (κ2) is 6.23. The van der Waals surface area contributed by atoms with Crippen molar-refractivity contribution in [3.05, 3.63) is 28.7 Å². The van der Waals surface area contributed by atoms with Crippen LogP contribution in [0.3, 0.4) is 0 Å². The van der Waals surface area contributed by atoms with Gasteiger partial charge in [-0.15, -0.1) is 0 Å². The summed E-state index contributed by atoms with van der Waals surface area (Å²) in [6, 6.07) is 7.04. The van der Waals surface area contributed by atoms with Crippen molar-refractivity contribution in [1.29, 1.82) is 0 Å². The Labute approximate surface area is 83.5 Å². The second-order valence-electron chi connectivity index (χ2n) is 1.45. The van der Waals surface area contributed by atoms with E-state index in [0.717, 1.165) is 4.47 Å². The first-order chi connectivity index (χ1) is 4.80. The Morgan fingerprint density at radius 2 is 1.70 bits per heavy atom. The molecule has 0 aliphatic heterocycles. The fourth-order valence-corrected chi connectivity index (χ4v) is 0.737. The standard InChI is InChI=1S/C6H5BrO.BrH.Cu/c7-5-3-1-2-4-6(5)8;;/h1-4,8H;1H;/q;;+1/p-1. The summed E-state index contributed by atoms with van der Waals surface area (Å²) >= 11 is 9.65. The van der Waals surface area contributed by atoms with Gasteiger partial charge >= 0.3 is 28.3 Å². The molecular formula is C6H5Br2CuO. The summed E-state index contributed by atoms with van der Waals surface area (Å²) in [7, 11) is 0. The third-order valence-electron chi connectivity index (χ3n) is 0.852. The molecule has 0 amide bonds. The fourth-order valence-electron chi connectivity index (χ4n) is 0.452. The van der Waals surface area contributed by atoms with Gasteiger partial charge in [-0.2, -0.15) is 0 Å². The van der Waals surface area contributed by atoms with E-state index in [2.05, 4.69) is 44.2 Å². The molecule has 0 aliphatic carbocycles. The summed E-state index contributed by atoms with van der Waals surface area (Å²) in [5, 5.41) is 8.87. The molecule has 0 fully saturated rings. The quantitative estimate of drug-likeness (QED) is 0.730. The van der Waals surface area contributed by atoms with Gasteiger partial charge < -0.3 is 5.11 Å². The van der Waals surface area contributed by atoms with Gasteiger partial charge in [-0.1, -0.05) is 12.1 Å². The third kappa shape index (κ3) is 3.61. The van der Waals surface area contributed by atoms with Gasteiger partial charge in [-0.05, 0) is 28.1 Å². The zero-order chi connectivity index (χ0) is 7.98. The molecular weight excluding hydrogens is 311 g/mol. The van der Waals surface area contributed by atoms with Gasteiger partial charge in [-0.25, -0.2) is 0 Å². The van der Waals surface area contributed by atoms with Crippen LogP contribution in [-0.2, 0) is 14.2 Å². The molecule has 0 aliphatic rings. The van der Waals surface area contributed by atoms with Gasteiger partial charge in [0, 0.05) is 0 Å². The molecule has 0 saturated carbocycles. The van der Waals surface area contributed by atoms with Crippen LogP contribution in [0.5, 0.6) is 5.75 Å². The van der Waals surface area contributed by atoms with E-state index >= 15 is 0 Å². The molecule has 1 rings (SSSR count). The first-order valence-electron chi connectivity index (χ1n) is 2.35. The molecule has 0 atom stereocenters. The number of phenolic OH excluding ortho intramolecular Hbond substituents is 1.